The van der Waals surface area contributed by atoms with E-state index in [1.807, 2.05) is 6.26 Å². The van der Waals surface area contributed by atoms with Gasteiger partial charge in [0.1, 0.15) is 0 Å². The molecule has 0 bridgehead atoms. The van der Waals surface area contributed by atoms with Crippen LogP contribution in [-0.4, -0.2) is 6.61 Å². The molecular formula is C8H14O. The highest BCUT2D eigenvalue weighted by atomic mass is 16.5. The third kappa shape index (κ3) is 1.26. The number of ether oxygens (including phenoxy) is 1. The molecule has 0 aliphatic carbocycles. The molecule has 0 saturated heterocycles. The second-order valence-electron chi connectivity index (χ2n) is 3.01. The second-order valence-corrected chi connectivity index (χ2v) is 3.01. The van der Waals surface area contributed by atoms with E-state index < -0.39 is 0 Å². The summed E-state index contributed by atoms with van der Waals surface area (Å²) in [6.07, 6.45) is 1.91. The van der Waals surface area contributed by atoms with Gasteiger partial charge in [-0.3, -0.25) is 0 Å². The Hall–Kier alpha value is -0.460. The fourth-order valence-electron chi connectivity index (χ4n) is 1.21. The molecule has 0 aromatic carbocycles. The van der Waals surface area contributed by atoms with Gasteiger partial charge in [-0.2, -0.15) is 0 Å². The molecule has 0 N–H and O–H groups in total. The molecule has 0 amide bonds. The van der Waals surface area contributed by atoms with Gasteiger partial charge >= 0.3 is 0 Å². The Bertz CT molecular complexity index is 125. The summed E-state index contributed by atoms with van der Waals surface area (Å²) in [4.78, 5) is 0. The van der Waals surface area contributed by atoms with E-state index in [9.17, 15) is 0 Å². The van der Waals surface area contributed by atoms with E-state index in [1.54, 1.807) is 0 Å². The Morgan fingerprint density at radius 2 is 2.33 bits per heavy atom. The van der Waals surface area contributed by atoms with Crippen LogP contribution in [0.15, 0.2) is 11.8 Å². The van der Waals surface area contributed by atoms with Crippen LogP contribution in [0, 0.1) is 11.8 Å². The molecule has 1 heterocycles. The number of hydrogen-bond acceptors (Lipinski definition) is 1. The van der Waals surface area contributed by atoms with Crippen molar-refractivity contribution in [2.75, 3.05) is 6.61 Å². The molecule has 0 fully saturated rings. The zero-order chi connectivity index (χ0) is 6.85. The zero-order valence-corrected chi connectivity index (χ0v) is 6.35. The minimum atomic E-state index is 0.644. The summed E-state index contributed by atoms with van der Waals surface area (Å²) >= 11 is 0. The predicted molar refractivity (Wildman–Crippen MR) is 38.0 cm³/mol. The van der Waals surface area contributed by atoms with Crippen LogP contribution in [0.1, 0.15) is 20.8 Å². The summed E-state index contributed by atoms with van der Waals surface area (Å²) in [5.74, 6) is 1.30. The van der Waals surface area contributed by atoms with E-state index in [0.29, 0.717) is 11.8 Å². The lowest BCUT2D eigenvalue weighted by Crippen LogP contribution is -2.03. The van der Waals surface area contributed by atoms with Crippen LogP contribution in [-0.2, 0) is 4.74 Å². The van der Waals surface area contributed by atoms with Gasteiger partial charge in [0.15, 0.2) is 0 Å². The Balaban J connectivity index is 2.57. The minimum Gasteiger partial charge on any atom is -0.501 e. The van der Waals surface area contributed by atoms with Crippen molar-refractivity contribution in [2.45, 2.75) is 20.8 Å². The van der Waals surface area contributed by atoms with E-state index >= 15 is 0 Å². The third-order valence-electron chi connectivity index (χ3n) is 1.80. The molecule has 0 saturated carbocycles. The highest BCUT2D eigenvalue weighted by Gasteiger charge is 2.17. The van der Waals surface area contributed by atoms with Gasteiger partial charge in [-0.15, -0.1) is 0 Å². The average molecular weight is 126 g/mol. The SMILES string of the molecule is CC(C)C1=COC[C@@H]1C. The summed E-state index contributed by atoms with van der Waals surface area (Å²) in [6, 6.07) is 0. The monoisotopic (exact) mass is 126 g/mol. The van der Waals surface area contributed by atoms with E-state index in [2.05, 4.69) is 20.8 Å². The Labute approximate surface area is 56.7 Å². The zero-order valence-electron chi connectivity index (χ0n) is 6.35. The Kier molecular flexibility index (Phi) is 1.79. The maximum atomic E-state index is 5.17. The lowest BCUT2D eigenvalue weighted by Gasteiger charge is -2.08. The first-order valence-electron chi connectivity index (χ1n) is 3.53. The molecule has 0 unspecified atom stereocenters. The largest absolute Gasteiger partial charge is 0.501 e. The molecule has 1 rings (SSSR count). The number of hydrogen-bond donors (Lipinski definition) is 0. The molecule has 0 aromatic rings. The van der Waals surface area contributed by atoms with Gasteiger partial charge in [-0.1, -0.05) is 20.8 Å². The van der Waals surface area contributed by atoms with Gasteiger partial charge in [-0.25, -0.2) is 0 Å². The standard InChI is InChI=1S/C8H14O/c1-6(2)8-5-9-4-7(8)3/h5-7H,4H2,1-3H3/t7-/m0/s1. The average Bonchev–Trinajstić information content (AvgIpc) is 2.13. The van der Waals surface area contributed by atoms with Crippen molar-refractivity contribution in [3.8, 4) is 0 Å². The first-order chi connectivity index (χ1) is 4.22. The van der Waals surface area contributed by atoms with E-state index in [-0.39, 0.29) is 0 Å². The molecule has 1 nitrogen and oxygen atoms in total. The van der Waals surface area contributed by atoms with Crippen LogP contribution in [0.4, 0.5) is 0 Å². The van der Waals surface area contributed by atoms with E-state index in [4.69, 9.17) is 4.74 Å². The highest BCUT2D eigenvalue weighted by Crippen LogP contribution is 2.24. The smallest absolute Gasteiger partial charge is 0.0937 e. The summed E-state index contributed by atoms with van der Waals surface area (Å²) < 4.78 is 5.17. The first kappa shape index (κ1) is 6.66. The Morgan fingerprint density at radius 3 is 2.56 bits per heavy atom. The maximum absolute atomic E-state index is 5.17. The molecule has 1 aliphatic rings. The van der Waals surface area contributed by atoms with Crippen molar-refractivity contribution in [1.29, 1.82) is 0 Å². The van der Waals surface area contributed by atoms with Crippen LogP contribution in [0.5, 0.6) is 0 Å². The van der Waals surface area contributed by atoms with Crippen molar-refractivity contribution in [3.05, 3.63) is 11.8 Å². The summed E-state index contributed by atoms with van der Waals surface area (Å²) in [5.41, 5.74) is 1.45. The maximum Gasteiger partial charge on any atom is 0.0937 e. The lowest BCUT2D eigenvalue weighted by atomic mass is 9.95. The third-order valence-corrected chi connectivity index (χ3v) is 1.80. The fraction of sp³-hybridized carbons (Fsp3) is 0.750. The second kappa shape index (κ2) is 2.42. The van der Waals surface area contributed by atoms with Crippen molar-refractivity contribution < 1.29 is 4.74 Å². The molecule has 0 spiro atoms. The van der Waals surface area contributed by atoms with Crippen LogP contribution in [0.2, 0.25) is 0 Å². The summed E-state index contributed by atoms with van der Waals surface area (Å²) in [7, 11) is 0. The molecule has 1 atom stereocenters. The summed E-state index contributed by atoms with van der Waals surface area (Å²) in [6.45, 7) is 7.50. The quantitative estimate of drug-likeness (QED) is 0.523. The molecule has 9 heavy (non-hydrogen) atoms. The highest BCUT2D eigenvalue weighted by molar-refractivity contribution is 5.08. The molecule has 1 aliphatic heterocycles. The van der Waals surface area contributed by atoms with Gasteiger partial charge in [0, 0.05) is 5.92 Å². The van der Waals surface area contributed by atoms with Crippen molar-refractivity contribution >= 4 is 0 Å². The van der Waals surface area contributed by atoms with Gasteiger partial charge in [0.2, 0.25) is 0 Å². The molecule has 0 aromatic heterocycles. The van der Waals surface area contributed by atoms with E-state index in [0.717, 1.165) is 6.61 Å². The van der Waals surface area contributed by atoms with E-state index in [1.165, 1.54) is 5.57 Å². The van der Waals surface area contributed by atoms with Crippen molar-refractivity contribution in [2.24, 2.45) is 11.8 Å². The van der Waals surface area contributed by atoms with Gasteiger partial charge in [0.05, 0.1) is 12.9 Å². The van der Waals surface area contributed by atoms with Gasteiger partial charge in [-0.05, 0) is 11.5 Å². The Morgan fingerprint density at radius 1 is 1.67 bits per heavy atom. The van der Waals surface area contributed by atoms with Crippen LogP contribution < -0.4 is 0 Å². The fourth-order valence-corrected chi connectivity index (χ4v) is 1.21. The molecule has 1 heteroatoms. The number of rotatable bonds is 1. The van der Waals surface area contributed by atoms with Gasteiger partial charge < -0.3 is 4.74 Å². The lowest BCUT2D eigenvalue weighted by molar-refractivity contribution is 0.254. The van der Waals surface area contributed by atoms with Crippen molar-refractivity contribution in [1.82, 2.24) is 0 Å². The topological polar surface area (TPSA) is 9.23 Å². The molecular weight excluding hydrogens is 112 g/mol. The minimum absolute atomic E-state index is 0.644. The van der Waals surface area contributed by atoms with Crippen LogP contribution in [0.3, 0.4) is 0 Å². The predicted octanol–water partition coefficient (Wildman–Crippen LogP) is 2.19. The first-order valence-corrected chi connectivity index (χ1v) is 3.53. The summed E-state index contributed by atoms with van der Waals surface area (Å²) in [5, 5.41) is 0. The van der Waals surface area contributed by atoms with Crippen LogP contribution in [0.25, 0.3) is 0 Å². The van der Waals surface area contributed by atoms with Crippen molar-refractivity contribution in [3.63, 3.8) is 0 Å². The van der Waals surface area contributed by atoms with Crippen LogP contribution >= 0.6 is 0 Å². The van der Waals surface area contributed by atoms with Gasteiger partial charge in [0.25, 0.3) is 0 Å². The molecule has 52 valence electrons. The normalized spacial score (nSPS) is 26.2. The molecule has 0 radical (unpaired) electrons.